The van der Waals surface area contributed by atoms with Crippen molar-refractivity contribution in [3.63, 3.8) is 0 Å². The van der Waals surface area contributed by atoms with Crippen LogP contribution in [0.4, 0.5) is 0 Å². The van der Waals surface area contributed by atoms with Gasteiger partial charge in [-0.25, -0.2) is 0 Å². The van der Waals surface area contributed by atoms with Crippen LogP contribution in [0.2, 0.25) is 0 Å². The fraction of sp³-hybridized carbons (Fsp3) is 0.500. The van der Waals surface area contributed by atoms with Crippen LogP contribution in [-0.2, 0) is 6.42 Å². The van der Waals surface area contributed by atoms with Gasteiger partial charge in [0.2, 0.25) is 0 Å². The minimum Gasteiger partial charge on any atom is -0.299 e. The van der Waals surface area contributed by atoms with Gasteiger partial charge in [-0.1, -0.05) is 38.1 Å². The van der Waals surface area contributed by atoms with Crippen LogP contribution in [0.1, 0.15) is 19.4 Å². The molecule has 0 spiro atoms. The SMILES string of the molecule is CCN(CC)CC=NCCc1cc[c]cc1. The van der Waals surface area contributed by atoms with Gasteiger partial charge in [-0.05, 0) is 31.1 Å². The van der Waals surface area contributed by atoms with Crippen LogP contribution < -0.4 is 0 Å². The van der Waals surface area contributed by atoms with Crippen molar-refractivity contribution in [2.75, 3.05) is 26.2 Å². The van der Waals surface area contributed by atoms with Crippen LogP contribution in [0.15, 0.2) is 29.3 Å². The maximum absolute atomic E-state index is 4.43. The highest BCUT2D eigenvalue weighted by atomic mass is 15.1. The standard InChI is InChI=1S/C14H21N2/c1-3-16(4-2)13-12-15-11-10-14-8-6-5-7-9-14/h6-9,12H,3-4,10-11,13H2,1-2H3. The second kappa shape index (κ2) is 8.05. The summed E-state index contributed by atoms with van der Waals surface area (Å²) in [4.78, 5) is 6.77. The molecule has 1 radical (unpaired) electrons. The second-order valence-corrected chi connectivity index (χ2v) is 3.73. The summed E-state index contributed by atoms with van der Waals surface area (Å²) in [5.41, 5.74) is 1.33. The van der Waals surface area contributed by atoms with E-state index in [0.717, 1.165) is 32.6 Å². The lowest BCUT2D eigenvalue weighted by atomic mass is 10.2. The fourth-order valence-electron chi connectivity index (χ4n) is 1.53. The predicted molar refractivity (Wildman–Crippen MR) is 70.1 cm³/mol. The first-order valence-corrected chi connectivity index (χ1v) is 6.02. The summed E-state index contributed by atoms with van der Waals surface area (Å²) in [7, 11) is 0. The highest BCUT2D eigenvalue weighted by molar-refractivity contribution is 5.59. The quantitative estimate of drug-likeness (QED) is 0.641. The minimum atomic E-state index is 0.880. The lowest BCUT2D eigenvalue weighted by Crippen LogP contribution is -2.24. The molecule has 0 atom stereocenters. The van der Waals surface area contributed by atoms with Crippen LogP contribution >= 0.6 is 0 Å². The molecule has 1 rings (SSSR count). The van der Waals surface area contributed by atoms with Crippen LogP contribution in [0.5, 0.6) is 0 Å². The number of nitrogens with zero attached hydrogens (tertiary/aromatic N) is 2. The summed E-state index contributed by atoms with van der Waals surface area (Å²) in [6.07, 6.45) is 3.05. The van der Waals surface area contributed by atoms with Gasteiger partial charge >= 0.3 is 0 Å². The van der Waals surface area contributed by atoms with E-state index >= 15 is 0 Å². The first-order chi connectivity index (χ1) is 7.86. The van der Waals surface area contributed by atoms with E-state index in [9.17, 15) is 0 Å². The van der Waals surface area contributed by atoms with Crippen molar-refractivity contribution in [1.29, 1.82) is 0 Å². The zero-order valence-electron chi connectivity index (χ0n) is 10.3. The minimum absolute atomic E-state index is 0.880. The molecule has 0 N–H and O–H groups in total. The molecule has 16 heavy (non-hydrogen) atoms. The summed E-state index contributed by atoms with van der Waals surface area (Å²) in [6, 6.07) is 11.1. The largest absolute Gasteiger partial charge is 0.299 e. The third-order valence-corrected chi connectivity index (χ3v) is 2.68. The van der Waals surface area contributed by atoms with Gasteiger partial charge in [-0.3, -0.25) is 9.89 Å². The lowest BCUT2D eigenvalue weighted by Gasteiger charge is -2.14. The van der Waals surface area contributed by atoms with E-state index in [4.69, 9.17) is 0 Å². The predicted octanol–water partition coefficient (Wildman–Crippen LogP) is 2.44. The van der Waals surface area contributed by atoms with Gasteiger partial charge < -0.3 is 0 Å². The van der Waals surface area contributed by atoms with E-state index in [-0.39, 0.29) is 0 Å². The van der Waals surface area contributed by atoms with Crippen molar-refractivity contribution >= 4 is 6.21 Å². The summed E-state index contributed by atoms with van der Waals surface area (Å²) in [6.45, 7) is 8.39. The van der Waals surface area contributed by atoms with E-state index in [1.165, 1.54) is 5.56 Å². The number of rotatable bonds is 7. The molecule has 0 heterocycles. The van der Waals surface area contributed by atoms with Crippen molar-refractivity contribution in [2.45, 2.75) is 20.3 Å². The van der Waals surface area contributed by atoms with Crippen molar-refractivity contribution in [3.05, 3.63) is 35.9 Å². The van der Waals surface area contributed by atoms with E-state index in [0.29, 0.717) is 0 Å². The van der Waals surface area contributed by atoms with Gasteiger partial charge in [0.1, 0.15) is 0 Å². The number of benzene rings is 1. The Morgan fingerprint density at radius 3 is 2.56 bits per heavy atom. The van der Waals surface area contributed by atoms with Crippen LogP contribution in [0.3, 0.4) is 0 Å². The highest BCUT2D eigenvalue weighted by Gasteiger charge is 1.94. The molecule has 0 aromatic heterocycles. The fourth-order valence-corrected chi connectivity index (χ4v) is 1.53. The van der Waals surface area contributed by atoms with Crippen LogP contribution in [-0.4, -0.2) is 37.3 Å². The Bertz CT molecular complexity index is 289. The molecule has 1 aromatic carbocycles. The number of aliphatic imine (C=N–C) groups is 1. The van der Waals surface area contributed by atoms with E-state index in [2.05, 4.69) is 41.9 Å². The van der Waals surface area contributed by atoms with Gasteiger partial charge in [-0.2, -0.15) is 0 Å². The van der Waals surface area contributed by atoms with Gasteiger partial charge in [0.25, 0.3) is 0 Å². The molecule has 0 aliphatic heterocycles. The van der Waals surface area contributed by atoms with E-state index < -0.39 is 0 Å². The Morgan fingerprint density at radius 1 is 1.25 bits per heavy atom. The summed E-state index contributed by atoms with van der Waals surface area (Å²) in [5.74, 6) is 0. The molecule has 1 aromatic rings. The Morgan fingerprint density at radius 2 is 1.94 bits per heavy atom. The zero-order chi connectivity index (χ0) is 11.6. The number of hydrogen-bond donors (Lipinski definition) is 0. The third kappa shape index (κ3) is 5.08. The molecule has 0 unspecified atom stereocenters. The van der Waals surface area contributed by atoms with Gasteiger partial charge in [0.05, 0.1) is 0 Å². The molecule has 2 nitrogen and oxygen atoms in total. The molecular formula is C14H21N2. The van der Waals surface area contributed by atoms with Crippen molar-refractivity contribution in [2.24, 2.45) is 4.99 Å². The van der Waals surface area contributed by atoms with Crippen molar-refractivity contribution in [3.8, 4) is 0 Å². The lowest BCUT2D eigenvalue weighted by molar-refractivity contribution is 0.349. The van der Waals surface area contributed by atoms with Crippen molar-refractivity contribution < 1.29 is 0 Å². The maximum Gasteiger partial charge on any atom is 0.0426 e. The normalized spacial score (nSPS) is 11.4. The van der Waals surface area contributed by atoms with Crippen LogP contribution in [0.25, 0.3) is 0 Å². The van der Waals surface area contributed by atoms with Gasteiger partial charge in [-0.15, -0.1) is 0 Å². The molecule has 87 valence electrons. The summed E-state index contributed by atoms with van der Waals surface area (Å²) in [5, 5.41) is 0. The van der Waals surface area contributed by atoms with Crippen LogP contribution in [0, 0.1) is 6.07 Å². The summed E-state index contributed by atoms with van der Waals surface area (Å²) >= 11 is 0. The van der Waals surface area contributed by atoms with E-state index in [1.807, 2.05) is 18.3 Å². The Hall–Kier alpha value is -1.15. The molecule has 0 amide bonds. The van der Waals surface area contributed by atoms with Crippen molar-refractivity contribution in [1.82, 2.24) is 4.90 Å². The number of hydrogen-bond acceptors (Lipinski definition) is 2. The first-order valence-electron chi connectivity index (χ1n) is 6.02. The molecule has 0 saturated carbocycles. The first kappa shape index (κ1) is 12.9. The average molecular weight is 217 g/mol. The van der Waals surface area contributed by atoms with Gasteiger partial charge in [0.15, 0.2) is 0 Å². The van der Waals surface area contributed by atoms with Gasteiger partial charge in [0, 0.05) is 19.3 Å². The average Bonchev–Trinajstić information content (AvgIpc) is 2.35. The van der Waals surface area contributed by atoms with E-state index in [1.54, 1.807) is 0 Å². The second-order valence-electron chi connectivity index (χ2n) is 3.73. The Labute approximate surface area is 99.0 Å². The summed E-state index contributed by atoms with van der Waals surface area (Å²) < 4.78 is 0. The monoisotopic (exact) mass is 217 g/mol. The Balaban J connectivity index is 2.18. The molecule has 0 aliphatic carbocycles. The topological polar surface area (TPSA) is 15.6 Å². The molecule has 0 saturated heterocycles. The molecule has 0 aliphatic rings. The zero-order valence-corrected chi connectivity index (χ0v) is 10.3. The molecular weight excluding hydrogens is 196 g/mol. The highest BCUT2D eigenvalue weighted by Crippen LogP contribution is 1.98. The smallest absolute Gasteiger partial charge is 0.0426 e. The Kier molecular flexibility index (Phi) is 6.50. The molecule has 0 fully saturated rings. The third-order valence-electron chi connectivity index (χ3n) is 2.68. The molecule has 0 bridgehead atoms. The molecule has 2 heteroatoms. The maximum atomic E-state index is 4.43.